The number of fused-ring (bicyclic) bond motifs is 1. The number of aliphatic hydroxyl groups is 1. The van der Waals surface area contributed by atoms with Crippen LogP contribution in [0.5, 0.6) is 0 Å². The summed E-state index contributed by atoms with van der Waals surface area (Å²) in [5.74, 6) is 0.452. The van der Waals surface area contributed by atoms with E-state index in [9.17, 15) is 0 Å². The summed E-state index contributed by atoms with van der Waals surface area (Å²) in [7, 11) is 0. The summed E-state index contributed by atoms with van der Waals surface area (Å²) in [5, 5.41) is 13.9. The van der Waals surface area contributed by atoms with Gasteiger partial charge in [-0.3, -0.25) is 4.98 Å². The van der Waals surface area contributed by atoms with Crippen LogP contribution in [0.4, 0.5) is 0 Å². The van der Waals surface area contributed by atoms with Gasteiger partial charge in [-0.2, -0.15) is 0 Å². The smallest absolute Gasteiger partial charge is 0.162 e. The highest BCUT2D eigenvalue weighted by Gasteiger charge is 2.09. The van der Waals surface area contributed by atoms with E-state index in [2.05, 4.69) is 10.1 Å². The van der Waals surface area contributed by atoms with Crippen LogP contribution in [0.3, 0.4) is 0 Å². The second-order valence-electron chi connectivity index (χ2n) is 3.72. The van der Waals surface area contributed by atoms with Crippen LogP contribution in [0.15, 0.2) is 47.1 Å². The third-order valence-electron chi connectivity index (χ3n) is 2.62. The monoisotopic (exact) mass is 226 g/mol. The fourth-order valence-corrected chi connectivity index (χ4v) is 1.83. The van der Waals surface area contributed by atoms with Crippen LogP contribution in [0, 0.1) is 0 Å². The molecular formula is C13H10N2O2. The van der Waals surface area contributed by atoms with Gasteiger partial charge in [0.25, 0.3) is 0 Å². The molecule has 3 rings (SSSR count). The third kappa shape index (κ3) is 1.68. The molecule has 0 amide bonds. The molecule has 2 aromatic heterocycles. The molecular weight excluding hydrogens is 216 g/mol. The van der Waals surface area contributed by atoms with Crippen LogP contribution in [0.2, 0.25) is 0 Å². The second kappa shape index (κ2) is 3.99. The fraction of sp³-hybridized carbons (Fsp3) is 0.0769. The van der Waals surface area contributed by atoms with Gasteiger partial charge in [-0.25, -0.2) is 0 Å². The average molecular weight is 226 g/mol. The van der Waals surface area contributed by atoms with Crippen LogP contribution in [-0.2, 0) is 6.61 Å². The molecule has 4 heteroatoms. The molecule has 4 nitrogen and oxygen atoms in total. The Morgan fingerprint density at radius 3 is 2.88 bits per heavy atom. The maximum atomic E-state index is 8.96. The van der Waals surface area contributed by atoms with Gasteiger partial charge in [0, 0.05) is 23.2 Å². The van der Waals surface area contributed by atoms with Gasteiger partial charge < -0.3 is 9.63 Å². The zero-order chi connectivity index (χ0) is 11.7. The lowest BCUT2D eigenvalue weighted by Gasteiger charge is -2.01. The predicted molar refractivity (Wildman–Crippen MR) is 63.2 cm³/mol. The largest absolute Gasteiger partial charge is 0.388 e. The topological polar surface area (TPSA) is 59.2 Å². The molecule has 0 aliphatic heterocycles. The molecule has 2 heterocycles. The lowest BCUT2D eigenvalue weighted by molar-refractivity contribution is 0.229. The molecule has 0 spiro atoms. The van der Waals surface area contributed by atoms with Gasteiger partial charge in [-0.15, -0.1) is 0 Å². The molecule has 0 aliphatic rings. The predicted octanol–water partition coefficient (Wildman–Crippen LogP) is 2.38. The van der Waals surface area contributed by atoms with Crippen LogP contribution < -0.4 is 0 Å². The Labute approximate surface area is 97.5 Å². The first-order chi connectivity index (χ1) is 8.38. The summed E-state index contributed by atoms with van der Waals surface area (Å²) in [4.78, 5) is 4.35. The summed E-state index contributed by atoms with van der Waals surface area (Å²) < 4.78 is 4.99. The summed E-state index contributed by atoms with van der Waals surface area (Å²) in [6.07, 6.45) is 1.75. The summed E-state index contributed by atoms with van der Waals surface area (Å²) in [5.41, 5.74) is 2.48. The molecule has 0 radical (unpaired) electrons. The number of rotatable bonds is 2. The van der Waals surface area contributed by atoms with Crippen LogP contribution >= 0.6 is 0 Å². The number of hydrogen-bond acceptors (Lipinski definition) is 4. The summed E-state index contributed by atoms with van der Waals surface area (Å²) >= 11 is 0. The lowest BCUT2D eigenvalue weighted by Crippen LogP contribution is -1.83. The average Bonchev–Trinajstić information content (AvgIpc) is 2.87. The van der Waals surface area contributed by atoms with E-state index < -0.39 is 0 Å². The van der Waals surface area contributed by atoms with Crippen molar-refractivity contribution in [3.8, 4) is 11.3 Å². The number of para-hydroxylation sites is 1. The van der Waals surface area contributed by atoms with Gasteiger partial charge in [0.2, 0.25) is 0 Å². The molecule has 0 saturated carbocycles. The third-order valence-corrected chi connectivity index (χ3v) is 2.62. The van der Waals surface area contributed by atoms with Crippen LogP contribution in [0.25, 0.3) is 22.2 Å². The van der Waals surface area contributed by atoms with Gasteiger partial charge >= 0.3 is 0 Å². The van der Waals surface area contributed by atoms with E-state index >= 15 is 0 Å². The normalized spacial score (nSPS) is 10.9. The summed E-state index contributed by atoms with van der Waals surface area (Å²) in [6, 6.07) is 11.5. The minimum Gasteiger partial charge on any atom is -0.388 e. The van der Waals surface area contributed by atoms with Crippen molar-refractivity contribution in [2.24, 2.45) is 0 Å². The van der Waals surface area contributed by atoms with Crippen molar-refractivity contribution in [1.82, 2.24) is 10.1 Å². The van der Waals surface area contributed by atoms with E-state index in [1.54, 1.807) is 12.3 Å². The molecule has 84 valence electrons. The van der Waals surface area contributed by atoms with Crippen LogP contribution in [-0.4, -0.2) is 15.2 Å². The van der Waals surface area contributed by atoms with E-state index in [1.165, 1.54) is 0 Å². The van der Waals surface area contributed by atoms with E-state index in [-0.39, 0.29) is 6.61 Å². The molecule has 0 bridgehead atoms. The number of aromatic nitrogens is 2. The summed E-state index contributed by atoms with van der Waals surface area (Å²) in [6.45, 7) is -0.148. The molecule has 0 saturated heterocycles. The van der Waals surface area contributed by atoms with Crippen molar-refractivity contribution in [1.29, 1.82) is 0 Å². The second-order valence-corrected chi connectivity index (χ2v) is 3.72. The molecule has 1 N–H and O–H groups in total. The van der Waals surface area contributed by atoms with E-state index in [0.717, 1.165) is 16.5 Å². The molecule has 0 atom stereocenters. The molecule has 0 unspecified atom stereocenters. The van der Waals surface area contributed by atoms with Gasteiger partial charge in [0.05, 0.1) is 5.52 Å². The molecule has 17 heavy (non-hydrogen) atoms. The Balaban J connectivity index is 2.23. The Kier molecular flexibility index (Phi) is 2.34. The fourth-order valence-electron chi connectivity index (χ4n) is 1.83. The SMILES string of the molecule is OCc1cc(-c2cccc3cccnc23)no1. The van der Waals surface area contributed by atoms with Crippen molar-refractivity contribution in [2.75, 3.05) is 0 Å². The minimum atomic E-state index is -0.148. The quantitative estimate of drug-likeness (QED) is 0.728. The minimum absolute atomic E-state index is 0.148. The molecule has 0 aliphatic carbocycles. The maximum absolute atomic E-state index is 8.96. The van der Waals surface area contributed by atoms with Gasteiger partial charge in [-0.1, -0.05) is 29.4 Å². The van der Waals surface area contributed by atoms with Crippen molar-refractivity contribution >= 4 is 10.9 Å². The first-order valence-electron chi connectivity index (χ1n) is 5.29. The standard InChI is InChI=1S/C13H10N2O2/c16-8-10-7-12(15-17-10)11-5-1-3-9-4-2-6-14-13(9)11/h1-7,16H,8H2. The van der Waals surface area contributed by atoms with Gasteiger partial charge in [0.1, 0.15) is 12.3 Å². The highest BCUT2D eigenvalue weighted by atomic mass is 16.5. The Bertz CT molecular complexity index is 656. The van der Waals surface area contributed by atoms with E-state index in [0.29, 0.717) is 11.5 Å². The van der Waals surface area contributed by atoms with E-state index in [1.807, 2.05) is 30.3 Å². The number of aliphatic hydroxyl groups excluding tert-OH is 1. The van der Waals surface area contributed by atoms with E-state index in [4.69, 9.17) is 9.63 Å². The molecule has 1 aromatic carbocycles. The molecule has 3 aromatic rings. The first-order valence-corrected chi connectivity index (χ1v) is 5.29. The Morgan fingerprint density at radius 1 is 1.18 bits per heavy atom. The number of pyridine rings is 1. The number of benzene rings is 1. The zero-order valence-corrected chi connectivity index (χ0v) is 9.00. The highest BCUT2D eigenvalue weighted by molar-refractivity contribution is 5.92. The lowest BCUT2D eigenvalue weighted by atomic mass is 10.1. The van der Waals surface area contributed by atoms with Crippen LogP contribution in [0.1, 0.15) is 5.76 Å². The number of hydrogen-bond donors (Lipinski definition) is 1. The van der Waals surface area contributed by atoms with Crippen molar-refractivity contribution in [2.45, 2.75) is 6.61 Å². The van der Waals surface area contributed by atoms with Crippen molar-refractivity contribution in [3.63, 3.8) is 0 Å². The Morgan fingerprint density at radius 2 is 2.06 bits per heavy atom. The maximum Gasteiger partial charge on any atom is 0.162 e. The van der Waals surface area contributed by atoms with Gasteiger partial charge in [0.15, 0.2) is 5.76 Å². The Hall–Kier alpha value is -2.20. The van der Waals surface area contributed by atoms with Crippen molar-refractivity contribution in [3.05, 3.63) is 48.4 Å². The number of nitrogens with zero attached hydrogens (tertiary/aromatic N) is 2. The van der Waals surface area contributed by atoms with Gasteiger partial charge in [-0.05, 0) is 6.07 Å². The first kappa shape index (κ1) is 9.99. The molecule has 0 fully saturated rings. The highest BCUT2D eigenvalue weighted by Crippen LogP contribution is 2.26. The zero-order valence-electron chi connectivity index (χ0n) is 9.00. The van der Waals surface area contributed by atoms with Crippen molar-refractivity contribution < 1.29 is 9.63 Å².